The van der Waals surface area contributed by atoms with Crippen LogP contribution in [0.3, 0.4) is 0 Å². The SMILES string of the molecule is C[C@@H]1C[C@@H](C(=O)N2C[C@@H](C)C[C@H]2C(=O)NCC(=O)O)N(C(=O)OCC2c3ccccc3-c3ccccc32)C1. The van der Waals surface area contributed by atoms with Gasteiger partial charge in [-0.1, -0.05) is 62.4 Å². The molecule has 0 unspecified atom stereocenters. The highest BCUT2D eigenvalue weighted by Gasteiger charge is 2.46. The van der Waals surface area contributed by atoms with Crippen LogP contribution in [0.15, 0.2) is 48.5 Å². The summed E-state index contributed by atoms with van der Waals surface area (Å²) in [5, 5.41) is 11.3. The van der Waals surface area contributed by atoms with Crippen LogP contribution in [0.25, 0.3) is 11.1 Å². The average Bonchev–Trinajstić information content (AvgIpc) is 3.58. The maximum Gasteiger partial charge on any atom is 0.410 e. The number of hydrogen-bond donors (Lipinski definition) is 2. The Hall–Kier alpha value is -3.88. The van der Waals surface area contributed by atoms with Crippen molar-refractivity contribution in [3.05, 3.63) is 59.7 Å². The first-order valence-electron chi connectivity index (χ1n) is 13.2. The summed E-state index contributed by atoms with van der Waals surface area (Å²) in [5.41, 5.74) is 4.51. The number of likely N-dealkylation sites (tertiary alicyclic amines) is 2. The van der Waals surface area contributed by atoms with Gasteiger partial charge in [0.15, 0.2) is 0 Å². The van der Waals surface area contributed by atoms with Gasteiger partial charge in [0.05, 0.1) is 0 Å². The molecule has 2 aliphatic heterocycles. The molecule has 0 spiro atoms. The van der Waals surface area contributed by atoms with E-state index in [0.29, 0.717) is 25.9 Å². The Labute approximate surface area is 221 Å². The van der Waals surface area contributed by atoms with Gasteiger partial charge < -0.3 is 20.1 Å². The number of rotatable bonds is 6. The van der Waals surface area contributed by atoms with Crippen LogP contribution < -0.4 is 5.32 Å². The van der Waals surface area contributed by atoms with Gasteiger partial charge in [-0.3, -0.25) is 19.3 Å². The molecule has 4 atom stereocenters. The molecule has 0 bridgehead atoms. The van der Waals surface area contributed by atoms with Crippen LogP contribution in [-0.4, -0.2) is 77.1 Å². The highest BCUT2D eigenvalue weighted by Crippen LogP contribution is 2.44. The number of aliphatic carboxylic acids is 1. The van der Waals surface area contributed by atoms with Gasteiger partial charge in [-0.25, -0.2) is 4.79 Å². The van der Waals surface area contributed by atoms with Crippen molar-refractivity contribution < 1.29 is 29.0 Å². The summed E-state index contributed by atoms with van der Waals surface area (Å²) < 4.78 is 5.85. The summed E-state index contributed by atoms with van der Waals surface area (Å²) in [6.07, 6.45) is 0.399. The first kappa shape index (κ1) is 25.8. The van der Waals surface area contributed by atoms with Crippen molar-refractivity contribution in [2.24, 2.45) is 11.8 Å². The van der Waals surface area contributed by atoms with Gasteiger partial charge in [0.2, 0.25) is 11.8 Å². The lowest BCUT2D eigenvalue weighted by atomic mass is 9.98. The van der Waals surface area contributed by atoms with E-state index in [1.165, 1.54) is 9.80 Å². The highest BCUT2D eigenvalue weighted by molar-refractivity contribution is 5.93. The van der Waals surface area contributed by atoms with Gasteiger partial charge >= 0.3 is 12.1 Å². The molecule has 1 aliphatic carbocycles. The third-order valence-electron chi connectivity index (χ3n) is 7.88. The summed E-state index contributed by atoms with van der Waals surface area (Å²) in [7, 11) is 0. The van der Waals surface area contributed by atoms with Gasteiger partial charge in [0.25, 0.3) is 0 Å². The first-order valence-corrected chi connectivity index (χ1v) is 13.2. The fourth-order valence-electron chi connectivity index (χ4n) is 6.17. The lowest BCUT2D eigenvalue weighted by Gasteiger charge is -2.30. The minimum atomic E-state index is -1.15. The number of fused-ring (bicyclic) bond motifs is 3. The lowest BCUT2D eigenvalue weighted by Crippen LogP contribution is -2.53. The van der Waals surface area contributed by atoms with Crippen molar-refractivity contribution in [1.82, 2.24) is 15.1 Å². The molecule has 2 fully saturated rings. The number of amides is 3. The van der Waals surface area contributed by atoms with E-state index in [9.17, 15) is 19.2 Å². The second-order valence-electron chi connectivity index (χ2n) is 10.8. The van der Waals surface area contributed by atoms with Crippen molar-refractivity contribution in [2.45, 2.75) is 44.7 Å². The molecule has 200 valence electrons. The number of ether oxygens (including phenoxy) is 1. The Morgan fingerprint density at radius 1 is 0.868 bits per heavy atom. The van der Waals surface area contributed by atoms with E-state index in [1.807, 2.05) is 38.1 Å². The zero-order chi connectivity index (χ0) is 27.0. The molecule has 2 heterocycles. The monoisotopic (exact) mass is 519 g/mol. The maximum absolute atomic E-state index is 13.7. The van der Waals surface area contributed by atoms with Crippen LogP contribution in [0.1, 0.15) is 43.7 Å². The molecule has 3 amide bonds. The number of nitrogens with zero attached hydrogens (tertiary/aromatic N) is 2. The summed E-state index contributed by atoms with van der Waals surface area (Å²) in [6, 6.07) is 14.8. The molecule has 2 aromatic rings. The quantitative estimate of drug-likeness (QED) is 0.606. The van der Waals surface area contributed by atoms with Crippen LogP contribution in [0.4, 0.5) is 4.79 Å². The van der Waals surface area contributed by atoms with Gasteiger partial charge in [-0.2, -0.15) is 0 Å². The van der Waals surface area contributed by atoms with E-state index in [1.54, 1.807) is 0 Å². The molecule has 9 heteroatoms. The molecule has 38 heavy (non-hydrogen) atoms. The molecule has 2 aromatic carbocycles. The van der Waals surface area contributed by atoms with Crippen LogP contribution in [0.5, 0.6) is 0 Å². The second kappa shape index (κ2) is 10.5. The highest BCUT2D eigenvalue weighted by atomic mass is 16.6. The van der Waals surface area contributed by atoms with Crippen molar-refractivity contribution >= 4 is 23.9 Å². The van der Waals surface area contributed by atoms with E-state index >= 15 is 0 Å². The second-order valence-corrected chi connectivity index (χ2v) is 10.8. The van der Waals surface area contributed by atoms with Crippen molar-refractivity contribution in [3.8, 4) is 11.1 Å². The molecule has 0 aromatic heterocycles. The fraction of sp³-hybridized carbons (Fsp3) is 0.448. The third kappa shape index (κ3) is 4.85. The summed E-state index contributed by atoms with van der Waals surface area (Å²) in [4.78, 5) is 53.6. The van der Waals surface area contributed by atoms with Crippen molar-refractivity contribution in [3.63, 3.8) is 0 Å². The van der Waals surface area contributed by atoms with Crippen LogP contribution in [0, 0.1) is 11.8 Å². The van der Waals surface area contributed by atoms with E-state index in [0.717, 1.165) is 22.3 Å². The number of nitrogens with one attached hydrogen (secondary N) is 1. The number of carboxylic acid groups (broad SMARTS) is 1. The molecule has 9 nitrogen and oxygen atoms in total. The number of carboxylic acids is 1. The van der Waals surface area contributed by atoms with Crippen LogP contribution >= 0.6 is 0 Å². The summed E-state index contributed by atoms with van der Waals surface area (Å²) in [6.45, 7) is 4.38. The predicted octanol–water partition coefficient (Wildman–Crippen LogP) is 3.08. The summed E-state index contributed by atoms with van der Waals surface area (Å²) >= 11 is 0. The molecule has 2 saturated heterocycles. The Morgan fingerprint density at radius 3 is 2.03 bits per heavy atom. The Morgan fingerprint density at radius 2 is 1.42 bits per heavy atom. The van der Waals surface area contributed by atoms with E-state index in [4.69, 9.17) is 9.84 Å². The lowest BCUT2D eigenvalue weighted by molar-refractivity contribution is -0.142. The molecular formula is C29H33N3O6. The Bertz CT molecular complexity index is 1220. The van der Waals surface area contributed by atoms with Crippen molar-refractivity contribution in [1.29, 1.82) is 0 Å². The summed E-state index contributed by atoms with van der Waals surface area (Å²) in [5.74, 6) is -1.81. The first-order chi connectivity index (χ1) is 18.2. The van der Waals surface area contributed by atoms with Crippen molar-refractivity contribution in [2.75, 3.05) is 26.2 Å². The minimum absolute atomic E-state index is 0.0812. The van der Waals surface area contributed by atoms with Gasteiger partial charge in [0, 0.05) is 19.0 Å². The topological polar surface area (TPSA) is 116 Å². The largest absolute Gasteiger partial charge is 0.480 e. The minimum Gasteiger partial charge on any atom is -0.480 e. The Balaban J connectivity index is 1.29. The molecular weight excluding hydrogens is 486 g/mol. The van der Waals surface area contributed by atoms with Gasteiger partial charge in [0.1, 0.15) is 25.2 Å². The number of hydrogen-bond acceptors (Lipinski definition) is 5. The van der Waals surface area contributed by atoms with Crippen LogP contribution in [-0.2, 0) is 19.1 Å². The maximum atomic E-state index is 13.7. The molecule has 0 saturated carbocycles. The number of carbonyl (C=O) groups is 4. The zero-order valence-electron chi connectivity index (χ0n) is 21.6. The van der Waals surface area contributed by atoms with Gasteiger partial charge in [-0.15, -0.1) is 0 Å². The predicted molar refractivity (Wildman–Crippen MR) is 139 cm³/mol. The third-order valence-corrected chi connectivity index (χ3v) is 7.88. The fourth-order valence-corrected chi connectivity index (χ4v) is 6.17. The van der Waals surface area contributed by atoms with E-state index in [2.05, 4.69) is 29.6 Å². The number of carbonyl (C=O) groups excluding carboxylic acids is 3. The van der Waals surface area contributed by atoms with Crippen LogP contribution in [0.2, 0.25) is 0 Å². The average molecular weight is 520 g/mol. The smallest absolute Gasteiger partial charge is 0.410 e. The standard InChI is InChI=1S/C29H33N3O6/c1-17-11-24(27(35)30-13-26(33)34)31(14-17)28(36)25-12-18(2)15-32(25)29(37)38-16-23-21-9-5-3-7-19(21)20-8-4-6-10-22(20)23/h3-10,17-18,23-25H,11-16H2,1-2H3,(H,30,35)(H,33,34)/t17-,18+,24-,25-/m0/s1. The molecule has 3 aliphatic rings. The molecule has 5 rings (SSSR count). The van der Waals surface area contributed by atoms with Gasteiger partial charge in [-0.05, 0) is 46.9 Å². The van der Waals surface area contributed by atoms with E-state index < -0.39 is 36.6 Å². The molecule has 0 radical (unpaired) electrons. The number of benzene rings is 2. The Kier molecular flexibility index (Phi) is 7.10. The molecule has 2 N–H and O–H groups in total. The zero-order valence-corrected chi connectivity index (χ0v) is 21.6. The van der Waals surface area contributed by atoms with E-state index in [-0.39, 0.29) is 30.3 Å². The normalized spacial score (nSPS) is 24.2.